The fraction of sp³-hybridized carbons (Fsp3) is 0.571. The van der Waals surface area contributed by atoms with Gasteiger partial charge in [-0.2, -0.15) is 0 Å². The van der Waals surface area contributed by atoms with Gasteiger partial charge in [-0.05, 0) is 39.0 Å². The Kier molecular flexibility index (Phi) is 6.42. The molecule has 0 saturated carbocycles. The molecule has 1 saturated heterocycles. The number of rotatable bonds is 5. The van der Waals surface area contributed by atoms with E-state index in [1.165, 1.54) is 0 Å². The average molecular weight is 401 g/mol. The minimum Gasteiger partial charge on any atom is -0.345 e. The molecule has 3 amide bonds. The Bertz CT molecular complexity index is 881. The van der Waals surface area contributed by atoms with Gasteiger partial charge in [0.1, 0.15) is 5.82 Å². The fourth-order valence-corrected chi connectivity index (χ4v) is 3.69. The summed E-state index contributed by atoms with van der Waals surface area (Å²) in [7, 11) is 3.51. The minimum absolute atomic E-state index is 0.0125. The monoisotopic (exact) mass is 400 g/mol. The Morgan fingerprint density at radius 2 is 1.86 bits per heavy atom. The highest BCUT2D eigenvalue weighted by atomic mass is 16.2. The standard InChI is InChI=1S/C21H32N6O2/c1-6-27-18-8-7-16(20(28)24(4)5)13-17(18)23-19(27)14-25-9-11-26(12-10-25)21(29)22-15(2)3/h7-8,13,15H,6,9-12,14H2,1-5H3,(H,22,29). The van der Waals surface area contributed by atoms with E-state index in [4.69, 9.17) is 4.98 Å². The lowest BCUT2D eigenvalue weighted by atomic mass is 10.2. The number of piperazine rings is 1. The quantitative estimate of drug-likeness (QED) is 0.833. The molecule has 2 aromatic rings. The number of hydrogen-bond acceptors (Lipinski definition) is 4. The van der Waals surface area contributed by atoms with Crippen molar-refractivity contribution in [3.05, 3.63) is 29.6 Å². The highest BCUT2D eigenvalue weighted by Crippen LogP contribution is 2.20. The molecule has 0 atom stereocenters. The normalized spacial score (nSPS) is 15.2. The third-order valence-electron chi connectivity index (χ3n) is 5.23. The first-order valence-corrected chi connectivity index (χ1v) is 10.3. The van der Waals surface area contributed by atoms with Gasteiger partial charge in [0.25, 0.3) is 5.91 Å². The third-order valence-corrected chi connectivity index (χ3v) is 5.23. The van der Waals surface area contributed by atoms with E-state index in [2.05, 4.69) is 21.7 Å². The Hall–Kier alpha value is -2.61. The van der Waals surface area contributed by atoms with E-state index >= 15 is 0 Å². The van der Waals surface area contributed by atoms with Gasteiger partial charge in [-0.1, -0.05) is 0 Å². The summed E-state index contributed by atoms with van der Waals surface area (Å²) in [4.78, 5) is 35.1. The zero-order chi connectivity index (χ0) is 21.1. The summed E-state index contributed by atoms with van der Waals surface area (Å²) >= 11 is 0. The summed E-state index contributed by atoms with van der Waals surface area (Å²) in [6.45, 7) is 10.7. The van der Waals surface area contributed by atoms with Crippen molar-refractivity contribution in [1.29, 1.82) is 0 Å². The maximum atomic E-state index is 12.3. The van der Waals surface area contributed by atoms with Crippen LogP contribution in [0.15, 0.2) is 18.2 Å². The van der Waals surface area contributed by atoms with Crippen molar-refractivity contribution < 1.29 is 9.59 Å². The highest BCUT2D eigenvalue weighted by Gasteiger charge is 2.23. The number of fused-ring (bicyclic) bond motifs is 1. The minimum atomic E-state index is -0.0182. The molecule has 29 heavy (non-hydrogen) atoms. The molecule has 158 valence electrons. The Morgan fingerprint density at radius 1 is 1.17 bits per heavy atom. The number of urea groups is 1. The number of nitrogens with zero attached hydrogens (tertiary/aromatic N) is 5. The van der Waals surface area contributed by atoms with Crippen LogP contribution in [0.3, 0.4) is 0 Å². The van der Waals surface area contributed by atoms with Crippen molar-refractivity contribution in [2.45, 2.75) is 39.9 Å². The van der Waals surface area contributed by atoms with Crippen LogP contribution in [-0.4, -0.2) is 82.5 Å². The van der Waals surface area contributed by atoms with Crippen LogP contribution in [-0.2, 0) is 13.1 Å². The Morgan fingerprint density at radius 3 is 2.45 bits per heavy atom. The van der Waals surface area contributed by atoms with E-state index in [1.807, 2.05) is 36.9 Å². The molecule has 1 N–H and O–H groups in total. The summed E-state index contributed by atoms with van der Waals surface area (Å²) in [5.74, 6) is 0.979. The van der Waals surface area contributed by atoms with Gasteiger partial charge in [0.15, 0.2) is 0 Å². The molecular weight excluding hydrogens is 368 g/mol. The second-order valence-corrected chi connectivity index (χ2v) is 8.04. The number of imidazole rings is 1. The number of benzene rings is 1. The second-order valence-electron chi connectivity index (χ2n) is 8.04. The van der Waals surface area contributed by atoms with Crippen LogP contribution in [0.1, 0.15) is 37.0 Å². The fourth-order valence-electron chi connectivity index (χ4n) is 3.69. The van der Waals surface area contributed by atoms with Gasteiger partial charge >= 0.3 is 6.03 Å². The van der Waals surface area contributed by atoms with Crippen molar-refractivity contribution in [2.75, 3.05) is 40.3 Å². The van der Waals surface area contributed by atoms with E-state index in [9.17, 15) is 9.59 Å². The van der Waals surface area contributed by atoms with E-state index in [0.717, 1.165) is 43.0 Å². The van der Waals surface area contributed by atoms with Crippen LogP contribution >= 0.6 is 0 Å². The lowest BCUT2D eigenvalue weighted by Crippen LogP contribution is -2.52. The van der Waals surface area contributed by atoms with Crippen LogP contribution in [0, 0.1) is 0 Å². The largest absolute Gasteiger partial charge is 0.345 e. The van der Waals surface area contributed by atoms with E-state index < -0.39 is 0 Å². The van der Waals surface area contributed by atoms with Gasteiger partial charge in [0.2, 0.25) is 0 Å². The van der Waals surface area contributed by atoms with Gasteiger partial charge in [-0.15, -0.1) is 0 Å². The molecule has 0 bridgehead atoms. The molecule has 0 radical (unpaired) electrons. The maximum Gasteiger partial charge on any atom is 0.317 e. The summed E-state index contributed by atoms with van der Waals surface area (Å²) in [5, 5.41) is 2.96. The number of carbonyl (C=O) groups excluding carboxylic acids is 2. The van der Waals surface area contributed by atoms with Crippen LogP contribution in [0.2, 0.25) is 0 Å². The van der Waals surface area contributed by atoms with Gasteiger partial charge in [0, 0.05) is 58.4 Å². The molecule has 8 heteroatoms. The average Bonchev–Trinajstić information content (AvgIpc) is 3.03. The topological polar surface area (TPSA) is 73.7 Å². The van der Waals surface area contributed by atoms with E-state index in [0.29, 0.717) is 18.7 Å². The first kappa shape index (κ1) is 21.1. The lowest BCUT2D eigenvalue weighted by Gasteiger charge is -2.34. The summed E-state index contributed by atoms with van der Waals surface area (Å²) in [5.41, 5.74) is 2.55. The van der Waals surface area contributed by atoms with Crippen molar-refractivity contribution in [3.8, 4) is 0 Å². The maximum absolute atomic E-state index is 12.3. The second kappa shape index (κ2) is 8.82. The highest BCUT2D eigenvalue weighted by molar-refractivity contribution is 5.97. The molecule has 1 fully saturated rings. The first-order chi connectivity index (χ1) is 13.8. The van der Waals surface area contributed by atoms with Crippen molar-refractivity contribution in [2.24, 2.45) is 0 Å². The number of aryl methyl sites for hydroxylation is 1. The molecule has 8 nitrogen and oxygen atoms in total. The number of nitrogens with one attached hydrogen (secondary N) is 1. The smallest absolute Gasteiger partial charge is 0.317 e. The van der Waals surface area contributed by atoms with Gasteiger partial charge in [-0.25, -0.2) is 9.78 Å². The van der Waals surface area contributed by atoms with Gasteiger partial charge in [0.05, 0.1) is 17.6 Å². The SMILES string of the molecule is CCn1c(CN2CCN(C(=O)NC(C)C)CC2)nc2cc(C(=O)N(C)C)ccc21. The number of hydrogen-bond donors (Lipinski definition) is 1. The Balaban J connectivity index is 1.72. The summed E-state index contributed by atoms with van der Waals surface area (Å²) < 4.78 is 2.21. The summed E-state index contributed by atoms with van der Waals surface area (Å²) in [6, 6.07) is 5.89. The number of aromatic nitrogens is 2. The molecular formula is C21H32N6O2. The van der Waals surface area contributed by atoms with Crippen molar-refractivity contribution in [1.82, 2.24) is 29.6 Å². The van der Waals surface area contributed by atoms with Crippen molar-refractivity contribution in [3.63, 3.8) is 0 Å². The van der Waals surface area contributed by atoms with Crippen LogP contribution in [0.4, 0.5) is 4.79 Å². The van der Waals surface area contributed by atoms with Crippen LogP contribution < -0.4 is 5.32 Å². The molecule has 2 heterocycles. The van der Waals surface area contributed by atoms with E-state index in [-0.39, 0.29) is 18.0 Å². The predicted molar refractivity (Wildman–Crippen MR) is 114 cm³/mol. The lowest BCUT2D eigenvalue weighted by molar-refractivity contribution is 0.0827. The molecule has 0 spiro atoms. The first-order valence-electron chi connectivity index (χ1n) is 10.3. The Labute approximate surface area is 172 Å². The number of carbonyl (C=O) groups is 2. The van der Waals surface area contributed by atoms with Gasteiger partial charge in [-0.3, -0.25) is 9.69 Å². The molecule has 0 unspecified atom stereocenters. The van der Waals surface area contributed by atoms with Crippen LogP contribution in [0.25, 0.3) is 11.0 Å². The van der Waals surface area contributed by atoms with Crippen LogP contribution in [0.5, 0.6) is 0 Å². The molecule has 1 aliphatic rings. The molecule has 3 rings (SSSR count). The molecule has 1 aromatic carbocycles. The predicted octanol–water partition coefficient (Wildman–Crippen LogP) is 1.99. The number of amides is 3. The molecule has 1 aromatic heterocycles. The van der Waals surface area contributed by atoms with Crippen molar-refractivity contribution >= 4 is 23.0 Å². The summed E-state index contributed by atoms with van der Waals surface area (Å²) in [6.07, 6.45) is 0. The third kappa shape index (κ3) is 4.70. The zero-order valence-electron chi connectivity index (χ0n) is 18.1. The molecule has 1 aliphatic heterocycles. The van der Waals surface area contributed by atoms with Gasteiger partial charge < -0.3 is 19.7 Å². The molecule has 0 aliphatic carbocycles. The zero-order valence-corrected chi connectivity index (χ0v) is 18.1. The van der Waals surface area contributed by atoms with E-state index in [1.54, 1.807) is 19.0 Å².